The van der Waals surface area contributed by atoms with Crippen molar-refractivity contribution in [3.8, 4) is 17.1 Å². The van der Waals surface area contributed by atoms with E-state index in [1.807, 2.05) is 26.1 Å². The number of rotatable bonds is 9. The third kappa shape index (κ3) is 5.02. The number of hydrogen-bond acceptors (Lipinski definition) is 9. The molecule has 2 aliphatic carbocycles. The van der Waals surface area contributed by atoms with Crippen LogP contribution >= 0.6 is 0 Å². The van der Waals surface area contributed by atoms with Crippen molar-refractivity contribution in [3.05, 3.63) is 29.4 Å². The highest BCUT2D eigenvalue weighted by atomic mass is 16.5. The third-order valence-electron chi connectivity index (χ3n) is 6.53. The van der Waals surface area contributed by atoms with Crippen molar-refractivity contribution in [1.29, 1.82) is 0 Å². The Hall–Kier alpha value is -3.50. The Bertz CT molecular complexity index is 1170. The summed E-state index contributed by atoms with van der Waals surface area (Å²) in [7, 11) is 1.83. The van der Waals surface area contributed by atoms with Crippen LogP contribution in [0, 0.1) is 18.8 Å². The van der Waals surface area contributed by atoms with Gasteiger partial charge in [0.1, 0.15) is 11.4 Å². The van der Waals surface area contributed by atoms with Crippen LogP contribution in [0.1, 0.15) is 55.8 Å². The van der Waals surface area contributed by atoms with E-state index in [1.54, 1.807) is 4.68 Å². The molecule has 2 aliphatic rings. The van der Waals surface area contributed by atoms with Gasteiger partial charge in [-0.25, -0.2) is 9.67 Å². The number of pyridine rings is 1. The van der Waals surface area contributed by atoms with Gasteiger partial charge in [-0.1, -0.05) is 5.21 Å². The molecule has 11 heteroatoms. The van der Waals surface area contributed by atoms with Gasteiger partial charge < -0.3 is 19.7 Å². The van der Waals surface area contributed by atoms with E-state index in [0.29, 0.717) is 54.3 Å². The summed E-state index contributed by atoms with van der Waals surface area (Å²) in [5.41, 5.74) is 2.91. The number of aryl methyl sites for hydroxylation is 2. The molecule has 0 amide bonds. The Morgan fingerprint density at radius 3 is 2.88 bits per heavy atom. The number of carbonyl (C=O) groups is 1. The number of anilines is 1. The largest absolute Gasteiger partial charge is 0.489 e. The highest BCUT2D eigenvalue weighted by molar-refractivity contribution is 5.70. The molecule has 2 fully saturated rings. The molecule has 34 heavy (non-hydrogen) atoms. The number of nitrogens with zero attached hydrogens (tertiary/aromatic N) is 6. The van der Waals surface area contributed by atoms with Gasteiger partial charge in [0, 0.05) is 13.5 Å². The predicted molar refractivity (Wildman–Crippen MR) is 121 cm³/mol. The second-order valence-corrected chi connectivity index (χ2v) is 9.24. The van der Waals surface area contributed by atoms with Crippen molar-refractivity contribution >= 4 is 11.9 Å². The summed E-state index contributed by atoms with van der Waals surface area (Å²) >= 11 is 0. The molecule has 3 aromatic rings. The Morgan fingerprint density at radius 2 is 2.12 bits per heavy atom. The van der Waals surface area contributed by atoms with Crippen molar-refractivity contribution < 1.29 is 19.2 Å². The lowest BCUT2D eigenvalue weighted by atomic mass is 9.87. The van der Waals surface area contributed by atoms with Crippen LogP contribution in [-0.2, 0) is 24.8 Å². The van der Waals surface area contributed by atoms with E-state index in [-0.39, 0.29) is 12.0 Å². The van der Waals surface area contributed by atoms with E-state index < -0.39 is 5.97 Å². The summed E-state index contributed by atoms with van der Waals surface area (Å²) in [5.74, 6) is 1.36. The SMILES string of the molecule is Cc1nc(-c2nnn(C)c2CNc2noc(CC3CC3)n2)ccc1O[C@H]1CCC[C@H](C(=O)O)C1. The van der Waals surface area contributed by atoms with Gasteiger partial charge >= 0.3 is 5.97 Å². The monoisotopic (exact) mass is 467 g/mol. The molecule has 2 atom stereocenters. The number of aliphatic carboxylic acids is 1. The Labute approximate surface area is 196 Å². The lowest BCUT2D eigenvalue weighted by Gasteiger charge is -2.27. The van der Waals surface area contributed by atoms with Crippen LogP contribution in [0.2, 0.25) is 0 Å². The molecule has 11 nitrogen and oxygen atoms in total. The van der Waals surface area contributed by atoms with Crippen molar-refractivity contribution in [2.24, 2.45) is 18.9 Å². The summed E-state index contributed by atoms with van der Waals surface area (Å²) in [5, 5.41) is 25.0. The minimum Gasteiger partial charge on any atom is -0.489 e. The van der Waals surface area contributed by atoms with Gasteiger partial charge in [-0.2, -0.15) is 4.98 Å². The first-order chi connectivity index (χ1) is 16.5. The summed E-state index contributed by atoms with van der Waals surface area (Å²) in [6.45, 7) is 2.30. The predicted octanol–water partition coefficient (Wildman–Crippen LogP) is 3.16. The van der Waals surface area contributed by atoms with E-state index in [1.165, 1.54) is 12.8 Å². The van der Waals surface area contributed by atoms with E-state index in [0.717, 1.165) is 30.7 Å². The molecule has 0 spiro atoms. The molecule has 0 aromatic carbocycles. The normalized spacial score (nSPS) is 20.3. The fourth-order valence-electron chi connectivity index (χ4n) is 4.38. The third-order valence-corrected chi connectivity index (χ3v) is 6.53. The number of aromatic nitrogens is 6. The summed E-state index contributed by atoms with van der Waals surface area (Å²) in [4.78, 5) is 20.5. The van der Waals surface area contributed by atoms with E-state index in [9.17, 15) is 9.90 Å². The van der Waals surface area contributed by atoms with Crippen LogP contribution in [0.15, 0.2) is 16.7 Å². The lowest BCUT2D eigenvalue weighted by molar-refractivity contribution is -0.143. The fraction of sp³-hybridized carbons (Fsp3) is 0.565. The zero-order valence-electron chi connectivity index (χ0n) is 19.4. The number of nitrogens with one attached hydrogen (secondary N) is 1. The van der Waals surface area contributed by atoms with Gasteiger partial charge in [-0.3, -0.25) is 4.79 Å². The number of carboxylic acids is 1. The van der Waals surface area contributed by atoms with Crippen LogP contribution < -0.4 is 10.1 Å². The summed E-state index contributed by atoms with van der Waals surface area (Å²) in [6, 6.07) is 3.73. The van der Waals surface area contributed by atoms with Crippen LogP contribution in [0.25, 0.3) is 11.4 Å². The number of ether oxygens (including phenoxy) is 1. The molecule has 0 radical (unpaired) electrons. The molecule has 0 saturated heterocycles. The smallest absolute Gasteiger partial charge is 0.306 e. The quantitative estimate of drug-likeness (QED) is 0.482. The molecule has 180 valence electrons. The van der Waals surface area contributed by atoms with Crippen molar-refractivity contribution in [1.82, 2.24) is 30.1 Å². The molecule has 3 heterocycles. The van der Waals surface area contributed by atoms with Gasteiger partial charge in [-0.15, -0.1) is 5.10 Å². The second-order valence-electron chi connectivity index (χ2n) is 9.24. The first-order valence-corrected chi connectivity index (χ1v) is 11.8. The molecular weight excluding hydrogens is 438 g/mol. The molecule has 5 rings (SSSR count). The van der Waals surface area contributed by atoms with Gasteiger partial charge in [0.2, 0.25) is 5.89 Å². The van der Waals surface area contributed by atoms with Gasteiger partial charge in [-0.05, 0) is 68.7 Å². The van der Waals surface area contributed by atoms with Gasteiger partial charge in [0.15, 0.2) is 0 Å². The zero-order chi connectivity index (χ0) is 23.7. The maximum absolute atomic E-state index is 11.3. The van der Waals surface area contributed by atoms with Crippen LogP contribution in [0.4, 0.5) is 5.95 Å². The van der Waals surface area contributed by atoms with Gasteiger partial charge in [0.05, 0.1) is 35.6 Å². The average molecular weight is 468 g/mol. The molecule has 2 N–H and O–H groups in total. The second kappa shape index (κ2) is 9.40. The van der Waals surface area contributed by atoms with E-state index in [4.69, 9.17) is 14.2 Å². The molecular formula is C23H29N7O4. The summed E-state index contributed by atoms with van der Waals surface area (Å²) < 4.78 is 13.1. The molecule has 3 aromatic heterocycles. The maximum Gasteiger partial charge on any atom is 0.306 e. The minimum absolute atomic E-state index is 0.114. The number of hydrogen-bond donors (Lipinski definition) is 2. The first kappa shape index (κ1) is 22.3. The Balaban J connectivity index is 1.26. The van der Waals surface area contributed by atoms with Crippen LogP contribution in [0.3, 0.4) is 0 Å². The van der Waals surface area contributed by atoms with Crippen molar-refractivity contribution in [3.63, 3.8) is 0 Å². The van der Waals surface area contributed by atoms with E-state index in [2.05, 4.69) is 25.8 Å². The standard InChI is InChI=1S/C23H29N7O4/c1-13-19(33-16-5-3-4-15(11-16)22(31)32)9-8-17(25-13)21-18(30(2)29-27-21)12-24-23-26-20(34-28-23)10-14-6-7-14/h8-9,14-16H,3-7,10-12H2,1-2H3,(H,24,28)(H,31,32)/t15-,16-/m0/s1. The van der Waals surface area contributed by atoms with Crippen molar-refractivity contribution in [2.45, 2.75) is 64.5 Å². The zero-order valence-corrected chi connectivity index (χ0v) is 19.4. The Kier molecular flexibility index (Phi) is 6.16. The van der Waals surface area contributed by atoms with Crippen LogP contribution in [-0.4, -0.2) is 47.3 Å². The van der Waals surface area contributed by atoms with E-state index >= 15 is 0 Å². The minimum atomic E-state index is -0.748. The highest BCUT2D eigenvalue weighted by Gasteiger charge is 2.29. The molecule has 0 aliphatic heterocycles. The first-order valence-electron chi connectivity index (χ1n) is 11.8. The van der Waals surface area contributed by atoms with Crippen molar-refractivity contribution in [2.75, 3.05) is 5.32 Å². The maximum atomic E-state index is 11.3. The molecule has 2 saturated carbocycles. The lowest BCUT2D eigenvalue weighted by Crippen LogP contribution is -2.29. The van der Waals surface area contributed by atoms with Gasteiger partial charge in [0.25, 0.3) is 5.95 Å². The molecule has 0 unspecified atom stereocenters. The molecule has 0 bridgehead atoms. The summed E-state index contributed by atoms with van der Waals surface area (Å²) in [6.07, 6.45) is 6.12. The Morgan fingerprint density at radius 1 is 1.26 bits per heavy atom. The fourth-order valence-corrected chi connectivity index (χ4v) is 4.38. The topological polar surface area (TPSA) is 141 Å². The average Bonchev–Trinajstić information content (AvgIpc) is 3.40. The number of carboxylic acid groups (broad SMARTS) is 1. The van der Waals surface area contributed by atoms with Crippen LogP contribution in [0.5, 0.6) is 5.75 Å². The highest BCUT2D eigenvalue weighted by Crippen LogP contribution is 2.32.